The second kappa shape index (κ2) is 8.29. The Balaban J connectivity index is 1.53. The Bertz CT molecular complexity index is 753. The van der Waals surface area contributed by atoms with Crippen molar-refractivity contribution in [3.05, 3.63) is 69.3 Å². The van der Waals surface area contributed by atoms with Gasteiger partial charge in [0, 0.05) is 57.0 Å². The summed E-state index contributed by atoms with van der Waals surface area (Å²) >= 11 is 0. The summed E-state index contributed by atoms with van der Waals surface area (Å²) in [6, 6.07) is 13.2. The van der Waals surface area contributed by atoms with Crippen molar-refractivity contribution in [2.75, 3.05) is 33.3 Å². The van der Waals surface area contributed by atoms with Crippen LogP contribution in [0.5, 0.6) is 5.75 Å². The third kappa shape index (κ3) is 4.59. The van der Waals surface area contributed by atoms with Gasteiger partial charge < -0.3 is 4.74 Å². The maximum absolute atomic E-state index is 10.7. The molecule has 2 aromatic carbocycles. The SMILES string of the molecule is COc1ccc(C)cc1CN1CCN(Cc2ccc([N+](=O)[O-])cc2)CC1. The van der Waals surface area contributed by atoms with Gasteiger partial charge in [-0.2, -0.15) is 0 Å². The molecule has 6 heteroatoms. The summed E-state index contributed by atoms with van der Waals surface area (Å²) in [6.45, 7) is 7.82. The molecule has 1 saturated heterocycles. The minimum atomic E-state index is -0.359. The number of rotatable bonds is 6. The zero-order chi connectivity index (χ0) is 18.5. The van der Waals surface area contributed by atoms with Crippen molar-refractivity contribution in [3.63, 3.8) is 0 Å². The lowest BCUT2D eigenvalue weighted by atomic mass is 10.1. The van der Waals surface area contributed by atoms with Gasteiger partial charge in [0.2, 0.25) is 0 Å². The van der Waals surface area contributed by atoms with Gasteiger partial charge in [0.15, 0.2) is 0 Å². The van der Waals surface area contributed by atoms with Gasteiger partial charge >= 0.3 is 0 Å². The van der Waals surface area contributed by atoms with Gasteiger partial charge in [0.05, 0.1) is 12.0 Å². The Morgan fingerprint density at radius 1 is 1.00 bits per heavy atom. The summed E-state index contributed by atoms with van der Waals surface area (Å²) in [5.41, 5.74) is 3.74. The van der Waals surface area contributed by atoms with Crippen molar-refractivity contribution in [3.8, 4) is 5.75 Å². The van der Waals surface area contributed by atoms with Crippen molar-refractivity contribution >= 4 is 5.69 Å². The Labute approximate surface area is 154 Å². The van der Waals surface area contributed by atoms with Gasteiger partial charge in [-0.1, -0.05) is 29.8 Å². The van der Waals surface area contributed by atoms with Crippen LogP contribution in [-0.2, 0) is 13.1 Å². The molecule has 1 fully saturated rings. The van der Waals surface area contributed by atoms with Gasteiger partial charge in [0.25, 0.3) is 5.69 Å². The molecular formula is C20H25N3O3. The summed E-state index contributed by atoms with van der Waals surface area (Å²) in [7, 11) is 1.72. The van der Waals surface area contributed by atoms with Crippen molar-refractivity contribution < 1.29 is 9.66 Å². The van der Waals surface area contributed by atoms with Gasteiger partial charge in [-0.15, -0.1) is 0 Å². The molecule has 2 aromatic rings. The third-order valence-corrected chi connectivity index (χ3v) is 4.85. The standard InChI is InChI=1S/C20H25N3O3/c1-16-3-8-20(26-2)18(13-16)15-22-11-9-21(10-12-22)14-17-4-6-19(7-5-17)23(24)25/h3-8,13H,9-12,14-15H2,1-2H3. The van der Waals surface area contributed by atoms with Gasteiger partial charge in [0.1, 0.15) is 5.75 Å². The maximum atomic E-state index is 10.7. The number of piperazine rings is 1. The van der Waals surface area contributed by atoms with Gasteiger partial charge in [-0.25, -0.2) is 0 Å². The Hall–Kier alpha value is -2.44. The minimum Gasteiger partial charge on any atom is -0.496 e. The first kappa shape index (κ1) is 18.4. The lowest BCUT2D eigenvalue weighted by Gasteiger charge is -2.35. The molecule has 0 saturated carbocycles. The van der Waals surface area contributed by atoms with Gasteiger partial charge in [-0.05, 0) is 18.6 Å². The zero-order valence-electron chi connectivity index (χ0n) is 15.4. The number of nitro groups is 1. The fourth-order valence-electron chi connectivity index (χ4n) is 3.36. The molecule has 0 amide bonds. The zero-order valence-corrected chi connectivity index (χ0v) is 15.4. The topological polar surface area (TPSA) is 58.8 Å². The highest BCUT2D eigenvalue weighted by Crippen LogP contribution is 2.22. The molecule has 1 aliphatic heterocycles. The maximum Gasteiger partial charge on any atom is 0.269 e. The second-order valence-corrected chi connectivity index (χ2v) is 6.79. The molecule has 1 aliphatic rings. The number of nitrogens with zero attached hydrogens (tertiary/aromatic N) is 3. The summed E-state index contributed by atoms with van der Waals surface area (Å²) in [5, 5.41) is 10.7. The van der Waals surface area contributed by atoms with Crippen LogP contribution in [0.2, 0.25) is 0 Å². The predicted molar refractivity (Wildman–Crippen MR) is 101 cm³/mol. The van der Waals surface area contributed by atoms with Crippen molar-refractivity contribution in [1.82, 2.24) is 9.80 Å². The molecule has 1 heterocycles. The molecular weight excluding hydrogens is 330 g/mol. The molecule has 0 N–H and O–H groups in total. The van der Waals surface area contributed by atoms with Crippen molar-refractivity contribution in [1.29, 1.82) is 0 Å². The normalized spacial score (nSPS) is 15.8. The molecule has 6 nitrogen and oxygen atoms in total. The van der Waals surface area contributed by atoms with E-state index in [-0.39, 0.29) is 10.6 Å². The predicted octanol–water partition coefficient (Wildman–Crippen LogP) is 3.23. The van der Waals surface area contributed by atoms with E-state index in [1.54, 1.807) is 19.2 Å². The molecule has 0 bridgehead atoms. The first-order valence-corrected chi connectivity index (χ1v) is 8.87. The van der Waals surface area contributed by atoms with Crippen LogP contribution in [-0.4, -0.2) is 48.0 Å². The highest BCUT2D eigenvalue weighted by molar-refractivity contribution is 5.37. The summed E-state index contributed by atoms with van der Waals surface area (Å²) in [4.78, 5) is 15.2. The smallest absolute Gasteiger partial charge is 0.269 e. The lowest BCUT2D eigenvalue weighted by molar-refractivity contribution is -0.384. The van der Waals surface area contributed by atoms with E-state index in [0.717, 1.165) is 50.6 Å². The van der Waals surface area contributed by atoms with Crippen LogP contribution in [0.4, 0.5) is 5.69 Å². The fourth-order valence-corrected chi connectivity index (χ4v) is 3.36. The largest absolute Gasteiger partial charge is 0.496 e. The molecule has 0 aromatic heterocycles. The van der Waals surface area contributed by atoms with Crippen LogP contribution in [0.25, 0.3) is 0 Å². The van der Waals surface area contributed by atoms with E-state index in [4.69, 9.17) is 4.74 Å². The van der Waals surface area contributed by atoms with E-state index >= 15 is 0 Å². The number of hydrogen-bond acceptors (Lipinski definition) is 5. The first-order valence-electron chi connectivity index (χ1n) is 8.87. The highest BCUT2D eigenvalue weighted by atomic mass is 16.6. The van der Waals surface area contributed by atoms with E-state index in [9.17, 15) is 10.1 Å². The molecule has 0 spiro atoms. The summed E-state index contributed by atoms with van der Waals surface area (Å²) in [5.74, 6) is 0.948. The molecule has 26 heavy (non-hydrogen) atoms. The van der Waals surface area contributed by atoms with Crippen LogP contribution in [0.1, 0.15) is 16.7 Å². The number of methoxy groups -OCH3 is 1. The number of nitro benzene ring substituents is 1. The summed E-state index contributed by atoms with van der Waals surface area (Å²) < 4.78 is 5.48. The number of hydrogen-bond donors (Lipinski definition) is 0. The number of benzene rings is 2. The minimum absolute atomic E-state index is 0.144. The Kier molecular flexibility index (Phi) is 5.85. The lowest BCUT2D eigenvalue weighted by Crippen LogP contribution is -2.45. The monoisotopic (exact) mass is 355 g/mol. The molecule has 0 radical (unpaired) electrons. The second-order valence-electron chi connectivity index (χ2n) is 6.79. The molecule has 3 rings (SSSR count). The first-order chi connectivity index (χ1) is 12.5. The van der Waals surface area contributed by atoms with E-state index < -0.39 is 0 Å². The average molecular weight is 355 g/mol. The quantitative estimate of drug-likeness (QED) is 0.588. The van der Waals surface area contributed by atoms with E-state index in [1.807, 2.05) is 18.2 Å². The molecule has 138 valence electrons. The van der Waals surface area contributed by atoms with Crippen LogP contribution in [0.15, 0.2) is 42.5 Å². The van der Waals surface area contributed by atoms with E-state index in [0.29, 0.717) is 0 Å². The Morgan fingerprint density at radius 3 is 2.19 bits per heavy atom. The summed E-state index contributed by atoms with van der Waals surface area (Å²) in [6.07, 6.45) is 0. The average Bonchev–Trinajstić information content (AvgIpc) is 2.64. The number of ether oxygens (including phenoxy) is 1. The number of non-ortho nitro benzene ring substituents is 1. The number of aryl methyl sites for hydroxylation is 1. The molecule has 0 atom stereocenters. The van der Waals surface area contributed by atoms with Gasteiger partial charge in [-0.3, -0.25) is 19.9 Å². The van der Waals surface area contributed by atoms with Crippen LogP contribution < -0.4 is 4.74 Å². The van der Waals surface area contributed by atoms with Crippen molar-refractivity contribution in [2.24, 2.45) is 0 Å². The third-order valence-electron chi connectivity index (χ3n) is 4.85. The fraction of sp³-hybridized carbons (Fsp3) is 0.400. The Morgan fingerprint density at radius 2 is 1.62 bits per heavy atom. The van der Waals surface area contributed by atoms with Crippen LogP contribution >= 0.6 is 0 Å². The molecule has 0 aliphatic carbocycles. The van der Waals surface area contributed by atoms with Crippen LogP contribution in [0, 0.1) is 17.0 Å². The van der Waals surface area contributed by atoms with Crippen molar-refractivity contribution in [2.45, 2.75) is 20.0 Å². The highest BCUT2D eigenvalue weighted by Gasteiger charge is 2.18. The van der Waals surface area contributed by atoms with E-state index in [2.05, 4.69) is 28.9 Å². The van der Waals surface area contributed by atoms with Crippen LogP contribution in [0.3, 0.4) is 0 Å². The molecule has 0 unspecified atom stereocenters. The van der Waals surface area contributed by atoms with E-state index in [1.165, 1.54) is 11.1 Å².